The summed E-state index contributed by atoms with van der Waals surface area (Å²) < 4.78 is 11.5. The van der Waals surface area contributed by atoms with Crippen molar-refractivity contribution in [3.05, 3.63) is 63.1 Å². The first kappa shape index (κ1) is 21.0. The van der Waals surface area contributed by atoms with E-state index in [4.69, 9.17) is 32.7 Å². The maximum atomic E-state index is 6.37. The van der Waals surface area contributed by atoms with Crippen LogP contribution in [-0.2, 0) is 17.9 Å². The van der Waals surface area contributed by atoms with E-state index < -0.39 is 0 Å². The Balaban J connectivity index is 1.93. The first-order valence-electron chi connectivity index (χ1n) is 8.94. The Bertz CT molecular complexity index is 687. The molecule has 0 amide bonds. The van der Waals surface area contributed by atoms with Crippen LogP contribution < -0.4 is 10.1 Å². The lowest BCUT2D eigenvalue weighted by molar-refractivity contribution is 0.0770. The maximum absolute atomic E-state index is 6.37. The van der Waals surface area contributed by atoms with Crippen molar-refractivity contribution in [3.63, 3.8) is 0 Å². The van der Waals surface area contributed by atoms with E-state index in [1.807, 2.05) is 19.9 Å². The molecular formula is C21H27Cl2NO2. The summed E-state index contributed by atoms with van der Waals surface area (Å²) in [6.07, 6.45) is 1.22. The van der Waals surface area contributed by atoms with Crippen molar-refractivity contribution in [2.24, 2.45) is 0 Å². The molecule has 0 atom stereocenters. The van der Waals surface area contributed by atoms with Crippen LogP contribution in [0.3, 0.4) is 0 Å². The van der Waals surface area contributed by atoms with Crippen LogP contribution in [0.1, 0.15) is 37.0 Å². The number of benzene rings is 2. The summed E-state index contributed by atoms with van der Waals surface area (Å²) in [6.45, 7) is 8.86. The molecule has 0 fully saturated rings. The summed E-state index contributed by atoms with van der Waals surface area (Å²) in [5.74, 6) is 0.683. The van der Waals surface area contributed by atoms with Gasteiger partial charge in [-0.3, -0.25) is 0 Å². The van der Waals surface area contributed by atoms with Gasteiger partial charge < -0.3 is 14.8 Å². The molecule has 0 spiro atoms. The van der Waals surface area contributed by atoms with Crippen LogP contribution in [0.25, 0.3) is 0 Å². The minimum atomic E-state index is 0.267. The molecule has 2 rings (SSSR count). The summed E-state index contributed by atoms with van der Waals surface area (Å²) in [4.78, 5) is 0. The third kappa shape index (κ3) is 7.16. The highest BCUT2D eigenvalue weighted by Crippen LogP contribution is 2.33. The van der Waals surface area contributed by atoms with Crippen molar-refractivity contribution in [1.82, 2.24) is 5.32 Å². The highest BCUT2D eigenvalue weighted by molar-refractivity contribution is 6.35. The fourth-order valence-corrected chi connectivity index (χ4v) is 3.08. The van der Waals surface area contributed by atoms with Gasteiger partial charge in [-0.2, -0.15) is 0 Å². The lowest BCUT2D eigenvalue weighted by Gasteiger charge is -2.15. The number of rotatable bonds is 10. The number of ether oxygens (including phenoxy) is 2. The second kappa shape index (κ2) is 10.8. The normalized spacial score (nSPS) is 11.2. The molecule has 0 aliphatic heterocycles. The van der Waals surface area contributed by atoms with Crippen molar-refractivity contribution in [2.45, 2.75) is 46.4 Å². The van der Waals surface area contributed by atoms with Crippen molar-refractivity contribution >= 4 is 23.2 Å². The molecule has 5 heteroatoms. The summed E-state index contributed by atoms with van der Waals surface area (Å²) in [5, 5.41) is 4.54. The zero-order valence-electron chi connectivity index (χ0n) is 15.6. The van der Waals surface area contributed by atoms with Crippen LogP contribution in [0.4, 0.5) is 0 Å². The zero-order valence-corrected chi connectivity index (χ0v) is 17.2. The quantitative estimate of drug-likeness (QED) is 0.516. The topological polar surface area (TPSA) is 30.5 Å². The molecule has 1 N–H and O–H groups in total. The second-order valence-corrected chi connectivity index (χ2v) is 7.44. The first-order chi connectivity index (χ1) is 12.5. The standard InChI is InChI=1S/C21H27Cl2NO2/c1-15(2)25-10-4-9-24-13-18-11-19(22)12-20(23)21(18)26-14-17-7-5-16(3)6-8-17/h5-8,11-12,15,24H,4,9-10,13-14H2,1-3H3. The average molecular weight is 396 g/mol. The lowest BCUT2D eigenvalue weighted by atomic mass is 10.1. The van der Waals surface area contributed by atoms with Gasteiger partial charge in [0, 0.05) is 23.7 Å². The van der Waals surface area contributed by atoms with Gasteiger partial charge in [-0.15, -0.1) is 0 Å². The Hall–Kier alpha value is -1.26. The number of hydrogen-bond donors (Lipinski definition) is 1. The van der Waals surface area contributed by atoms with Crippen LogP contribution in [-0.4, -0.2) is 19.3 Å². The van der Waals surface area contributed by atoms with Gasteiger partial charge in [0.25, 0.3) is 0 Å². The Morgan fingerprint density at radius 2 is 1.81 bits per heavy atom. The third-order valence-corrected chi connectivity index (χ3v) is 4.35. The molecule has 0 saturated carbocycles. The van der Waals surface area contributed by atoms with E-state index in [2.05, 4.69) is 36.5 Å². The van der Waals surface area contributed by atoms with E-state index in [1.165, 1.54) is 5.56 Å². The van der Waals surface area contributed by atoms with Gasteiger partial charge in [0.2, 0.25) is 0 Å². The van der Waals surface area contributed by atoms with Gasteiger partial charge >= 0.3 is 0 Å². The molecule has 0 saturated heterocycles. The summed E-state index contributed by atoms with van der Waals surface area (Å²) in [5.41, 5.74) is 3.29. The number of hydrogen-bond acceptors (Lipinski definition) is 3. The van der Waals surface area contributed by atoms with Crippen LogP contribution in [0.15, 0.2) is 36.4 Å². The summed E-state index contributed by atoms with van der Waals surface area (Å²) >= 11 is 12.5. The predicted molar refractivity (Wildman–Crippen MR) is 109 cm³/mol. The highest BCUT2D eigenvalue weighted by Gasteiger charge is 2.11. The number of nitrogens with one attached hydrogen (secondary N) is 1. The third-order valence-electron chi connectivity index (χ3n) is 3.85. The van der Waals surface area contributed by atoms with Crippen molar-refractivity contribution in [3.8, 4) is 5.75 Å². The van der Waals surface area contributed by atoms with Crippen LogP contribution in [0, 0.1) is 6.92 Å². The summed E-state index contributed by atoms with van der Waals surface area (Å²) in [7, 11) is 0. The van der Waals surface area contributed by atoms with Crippen molar-refractivity contribution in [2.75, 3.05) is 13.2 Å². The Morgan fingerprint density at radius 3 is 2.50 bits per heavy atom. The molecular weight excluding hydrogens is 369 g/mol. The van der Waals surface area contributed by atoms with Crippen LogP contribution in [0.5, 0.6) is 5.75 Å². The first-order valence-corrected chi connectivity index (χ1v) is 9.70. The second-order valence-electron chi connectivity index (χ2n) is 6.60. The Morgan fingerprint density at radius 1 is 1.08 bits per heavy atom. The van der Waals surface area contributed by atoms with Gasteiger partial charge in [-0.05, 0) is 51.4 Å². The molecule has 0 unspecified atom stereocenters. The minimum absolute atomic E-state index is 0.267. The van der Waals surface area contributed by atoms with E-state index in [-0.39, 0.29) is 6.10 Å². The van der Waals surface area contributed by atoms with Crippen molar-refractivity contribution < 1.29 is 9.47 Å². The van der Waals surface area contributed by atoms with Gasteiger partial charge in [0.1, 0.15) is 12.4 Å². The monoisotopic (exact) mass is 395 g/mol. The van der Waals surface area contributed by atoms with E-state index >= 15 is 0 Å². The SMILES string of the molecule is Cc1ccc(COc2c(Cl)cc(Cl)cc2CNCCCOC(C)C)cc1. The largest absolute Gasteiger partial charge is 0.487 e. The van der Waals surface area contributed by atoms with E-state index in [1.54, 1.807) is 6.07 Å². The Kier molecular flexibility index (Phi) is 8.73. The smallest absolute Gasteiger partial charge is 0.142 e. The highest BCUT2D eigenvalue weighted by atomic mass is 35.5. The fraction of sp³-hybridized carbons (Fsp3) is 0.429. The molecule has 2 aromatic carbocycles. The minimum Gasteiger partial charge on any atom is -0.487 e. The molecule has 0 aliphatic carbocycles. The molecule has 0 heterocycles. The molecule has 142 valence electrons. The number of aryl methyl sites for hydroxylation is 1. The lowest BCUT2D eigenvalue weighted by Crippen LogP contribution is -2.18. The molecule has 0 bridgehead atoms. The van der Waals surface area contributed by atoms with Gasteiger partial charge in [0.15, 0.2) is 0 Å². The summed E-state index contributed by atoms with van der Waals surface area (Å²) in [6, 6.07) is 11.9. The molecule has 0 aromatic heterocycles. The van der Waals surface area contributed by atoms with Crippen LogP contribution in [0.2, 0.25) is 10.0 Å². The van der Waals surface area contributed by atoms with E-state index in [0.717, 1.165) is 30.7 Å². The van der Waals surface area contributed by atoms with Crippen LogP contribution >= 0.6 is 23.2 Å². The molecule has 26 heavy (non-hydrogen) atoms. The van der Waals surface area contributed by atoms with Gasteiger partial charge in [0.05, 0.1) is 11.1 Å². The molecule has 0 radical (unpaired) electrons. The molecule has 0 aliphatic rings. The number of halogens is 2. The van der Waals surface area contributed by atoms with Gasteiger partial charge in [-0.25, -0.2) is 0 Å². The Labute approximate surface area is 166 Å². The maximum Gasteiger partial charge on any atom is 0.142 e. The molecule has 2 aromatic rings. The predicted octanol–water partition coefficient (Wildman–Crippen LogP) is 5.79. The average Bonchev–Trinajstić information content (AvgIpc) is 2.58. The molecule has 3 nitrogen and oxygen atoms in total. The van der Waals surface area contributed by atoms with Crippen molar-refractivity contribution in [1.29, 1.82) is 0 Å². The van der Waals surface area contributed by atoms with E-state index in [9.17, 15) is 0 Å². The van der Waals surface area contributed by atoms with Gasteiger partial charge in [-0.1, -0.05) is 53.0 Å². The fourth-order valence-electron chi connectivity index (χ4n) is 2.49. The van der Waals surface area contributed by atoms with E-state index in [0.29, 0.717) is 28.9 Å². The zero-order chi connectivity index (χ0) is 18.9.